The predicted molar refractivity (Wildman–Crippen MR) is 87.8 cm³/mol. The quantitative estimate of drug-likeness (QED) is 0.783. The number of methoxy groups -OCH3 is 2. The summed E-state index contributed by atoms with van der Waals surface area (Å²) in [6.45, 7) is 2.54. The van der Waals surface area contributed by atoms with E-state index in [1.165, 1.54) is 0 Å². The van der Waals surface area contributed by atoms with Crippen molar-refractivity contribution in [2.45, 2.75) is 25.9 Å². The SMILES string of the molecule is COc1ccc(NC(=O)CC(C)NCc2ccco2)c(OC)c1. The summed E-state index contributed by atoms with van der Waals surface area (Å²) >= 11 is 0. The van der Waals surface area contributed by atoms with E-state index < -0.39 is 0 Å². The van der Waals surface area contributed by atoms with Gasteiger partial charge in [-0.1, -0.05) is 0 Å². The van der Waals surface area contributed by atoms with Gasteiger partial charge in [0.25, 0.3) is 0 Å². The van der Waals surface area contributed by atoms with Crippen LogP contribution in [0.5, 0.6) is 11.5 Å². The number of nitrogens with one attached hydrogen (secondary N) is 2. The summed E-state index contributed by atoms with van der Waals surface area (Å²) in [5.74, 6) is 1.99. The van der Waals surface area contributed by atoms with Gasteiger partial charge in [-0.3, -0.25) is 4.79 Å². The average molecular weight is 318 g/mol. The second-order valence-electron chi connectivity index (χ2n) is 5.18. The molecule has 0 aliphatic heterocycles. The van der Waals surface area contributed by atoms with Gasteiger partial charge in [0.1, 0.15) is 17.3 Å². The molecule has 0 saturated heterocycles. The van der Waals surface area contributed by atoms with Gasteiger partial charge in [0.05, 0.1) is 32.7 Å². The number of amides is 1. The zero-order valence-corrected chi connectivity index (χ0v) is 13.6. The van der Waals surface area contributed by atoms with E-state index in [9.17, 15) is 4.79 Å². The fourth-order valence-electron chi connectivity index (χ4n) is 2.14. The molecule has 1 aromatic carbocycles. The summed E-state index contributed by atoms with van der Waals surface area (Å²) in [7, 11) is 3.14. The van der Waals surface area contributed by atoms with Crippen LogP contribution in [0.3, 0.4) is 0 Å². The van der Waals surface area contributed by atoms with Gasteiger partial charge in [-0.2, -0.15) is 0 Å². The molecule has 0 radical (unpaired) electrons. The molecule has 124 valence electrons. The second kappa shape index (κ2) is 8.24. The first-order valence-electron chi connectivity index (χ1n) is 7.40. The lowest BCUT2D eigenvalue weighted by Gasteiger charge is -2.15. The lowest BCUT2D eigenvalue weighted by molar-refractivity contribution is -0.116. The third kappa shape index (κ3) is 5.03. The Labute approximate surface area is 135 Å². The Kier molecular flexibility index (Phi) is 6.05. The molecule has 1 aromatic heterocycles. The Morgan fingerprint density at radius 2 is 2.09 bits per heavy atom. The van der Waals surface area contributed by atoms with E-state index >= 15 is 0 Å². The van der Waals surface area contributed by atoms with Crippen LogP contribution < -0.4 is 20.1 Å². The normalized spacial score (nSPS) is 11.8. The van der Waals surface area contributed by atoms with E-state index in [0.29, 0.717) is 30.2 Å². The van der Waals surface area contributed by atoms with E-state index in [0.717, 1.165) is 5.76 Å². The number of anilines is 1. The number of carbonyl (C=O) groups is 1. The van der Waals surface area contributed by atoms with Crippen molar-refractivity contribution >= 4 is 11.6 Å². The van der Waals surface area contributed by atoms with Crippen molar-refractivity contribution in [1.29, 1.82) is 0 Å². The van der Waals surface area contributed by atoms with E-state index in [4.69, 9.17) is 13.9 Å². The molecule has 0 fully saturated rings. The van der Waals surface area contributed by atoms with E-state index in [-0.39, 0.29) is 11.9 Å². The minimum atomic E-state index is -0.0899. The molecule has 1 heterocycles. The standard InChI is InChI=1S/C17H22N2O4/c1-12(18-11-14-5-4-8-23-14)9-17(20)19-15-7-6-13(21-2)10-16(15)22-3/h4-8,10,12,18H,9,11H2,1-3H3,(H,19,20). The van der Waals surface area contributed by atoms with Crippen molar-refractivity contribution < 1.29 is 18.7 Å². The van der Waals surface area contributed by atoms with Crippen molar-refractivity contribution in [3.05, 3.63) is 42.4 Å². The minimum Gasteiger partial charge on any atom is -0.497 e. The topological polar surface area (TPSA) is 72.7 Å². The number of benzene rings is 1. The van der Waals surface area contributed by atoms with Crippen LogP contribution in [0.2, 0.25) is 0 Å². The second-order valence-corrected chi connectivity index (χ2v) is 5.18. The highest BCUT2D eigenvalue weighted by Crippen LogP contribution is 2.29. The fourth-order valence-corrected chi connectivity index (χ4v) is 2.14. The lowest BCUT2D eigenvalue weighted by Crippen LogP contribution is -2.30. The molecule has 2 rings (SSSR count). The van der Waals surface area contributed by atoms with Crippen LogP contribution in [-0.4, -0.2) is 26.2 Å². The van der Waals surface area contributed by atoms with Gasteiger partial charge < -0.3 is 24.5 Å². The smallest absolute Gasteiger partial charge is 0.226 e. The zero-order chi connectivity index (χ0) is 16.7. The molecule has 0 aliphatic rings. The van der Waals surface area contributed by atoms with Crippen molar-refractivity contribution in [1.82, 2.24) is 5.32 Å². The highest BCUT2D eigenvalue weighted by atomic mass is 16.5. The molecule has 1 unspecified atom stereocenters. The van der Waals surface area contributed by atoms with Gasteiger partial charge in [-0.15, -0.1) is 0 Å². The van der Waals surface area contributed by atoms with Crippen LogP contribution in [-0.2, 0) is 11.3 Å². The van der Waals surface area contributed by atoms with Crippen molar-refractivity contribution in [2.24, 2.45) is 0 Å². The van der Waals surface area contributed by atoms with Crippen molar-refractivity contribution in [3.63, 3.8) is 0 Å². The molecular formula is C17H22N2O4. The molecule has 0 spiro atoms. The monoisotopic (exact) mass is 318 g/mol. The Bertz CT molecular complexity index is 626. The molecule has 23 heavy (non-hydrogen) atoms. The summed E-state index contributed by atoms with van der Waals surface area (Å²) in [4.78, 5) is 12.1. The molecule has 2 aromatic rings. The summed E-state index contributed by atoms with van der Waals surface area (Å²) in [6, 6.07) is 9.01. The molecule has 6 heteroatoms. The van der Waals surface area contributed by atoms with Gasteiger partial charge >= 0.3 is 0 Å². The number of rotatable bonds is 8. The highest BCUT2D eigenvalue weighted by molar-refractivity contribution is 5.92. The largest absolute Gasteiger partial charge is 0.497 e. The fraction of sp³-hybridized carbons (Fsp3) is 0.353. The Balaban J connectivity index is 1.86. The first-order chi connectivity index (χ1) is 11.1. The molecule has 0 aliphatic carbocycles. The predicted octanol–water partition coefficient (Wildman–Crippen LogP) is 2.80. The zero-order valence-electron chi connectivity index (χ0n) is 13.6. The van der Waals surface area contributed by atoms with Crippen molar-refractivity contribution in [2.75, 3.05) is 19.5 Å². The molecule has 0 saturated carbocycles. The summed E-state index contributed by atoms with van der Waals surface area (Å²) in [6.07, 6.45) is 1.97. The summed E-state index contributed by atoms with van der Waals surface area (Å²) in [5.41, 5.74) is 0.622. The van der Waals surface area contributed by atoms with Crippen LogP contribution in [0.25, 0.3) is 0 Å². The first kappa shape index (κ1) is 16.9. The van der Waals surface area contributed by atoms with Crippen LogP contribution in [0.4, 0.5) is 5.69 Å². The van der Waals surface area contributed by atoms with Crippen LogP contribution in [0, 0.1) is 0 Å². The maximum absolute atomic E-state index is 12.1. The summed E-state index contributed by atoms with van der Waals surface area (Å²) in [5, 5.41) is 6.10. The van der Waals surface area contributed by atoms with Gasteiger partial charge in [0.15, 0.2) is 0 Å². The van der Waals surface area contributed by atoms with E-state index in [1.54, 1.807) is 38.7 Å². The molecular weight excluding hydrogens is 296 g/mol. The van der Waals surface area contributed by atoms with Crippen LogP contribution in [0.1, 0.15) is 19.1 Å². The van der Waals surface area contributed by atoms with Crippen LogP contribution >= 0.6 is 0 Å². The average Bonchev–Trinajstić information content (AvgIpc) is 3.06. The van der Waals surface area contributed by atoms with Gasteiger partial charge in [-0.05, 0) is 31.2 Å². The van der Waals surface area contributed by atoms with E-state index in [1.807, 2.05) is 19.1 Å². The van der Waals surface area contributed by atoms with Crippen LogP contribution in [0.15, 0.2) is 41.0 Å². The molecule has 0 bridgehead atoms. The first-order valence-corrected chi connectivity index (χ1v) is 7.40. The number of hydrogen-bond donors (Lipinski definition) is 2. The molecule has 1 atom stereocenters. The molecule has 6 nitrogen and oxygen atoms in total. The molecule has 2 N–H and O–H groups in total. The third-order valence-corrected chi connectivity index (χ3v) is 3.38. The summed E-state index contributed by atoms with van der Waals surface area (Å²) < 4.78 is 15.6. The highest BCUT2D eigenvalue weighted by Gasteiger charge is 2.12. The third-order valence-electron chi connectivity index (χ3n) is 3.38. The number of furan rings is 1. The number of ether oxygens (including phenoxy) is 2. The number of hydrogen-bond acceptors (Lipinski definition) is 5. The van der Waals surface area contributed by atoms with E-state index in [2.05, 4.69) is 10.6 Å². The maximum Gasteiger partial charge on any atom is 0.226 e. The lowest BCUT2D eigenvalue weighted by atomic mass is 10.2. The Morgan fingerprint density at radius 1 is 1.26 bits per heavy atom. The minimum absolute atomic E-state index is 0.0179. The number of carbonyl (C=O) groups excluding carboxylic acids is 1. The van der Waals surface area contributed by atoms with Crippen molar-refractivity contribution in [3.8, 4) is 11.5 Å². The maximum atomic E-state index is 12.1. The van der Waals surface area contributed by atoms with Gasteiger partial charge in [0, 0.05) is 18.5 Å². The van der Waals surface area contributed by atoms with Gasteiger partial charge in [0.2, 0.25) is 5.91 Å². The Hall–Kier alpha value is -2.47. The molecule has 1 amide bonds. The Morgan fingerprint density at radius 3 is 2.74 bits per heavy atom. The van der Waals surface area contributed by atoms with Gasteiger partial charge in [-0.25, -0.2) is 0 Å².